The van der Waals surface area contributed by atoms with E-state index in [1.54, 1.807) is 6.07 Å². The molecule has 23 heavy (non-hydrogen) atoms. The Kier molecular flexibility index (Phi) is 5.41. The third kappa shape index (κ3) is 4.08. The molecule has 5 nitrogen and oxygen atoms in total. The predicted octanol–water partition coefficient (Wildman–Crippen LogP) is 3.40. The standard InChI is InChI=1S/C14H11BrClFN2O3S/c1-18-23(21,22)9-3-4-11(16)10(7-9)14(20)19-13-5-2-8(15)6-12(13)17/h2-7,18H,1H3,(H,19,20). The third-order valence-electron chi connectivity index (χ3n) is 2.94. The molecule has 0 aliphatic heterocycles. The number of anilines is 1. The molecule has 0 aromatic heterocycles. The summed E-state index contributed by atoms with van der Waals surface area (Å²) in [4.78, 5) is 12.1. The molecule has 0 bridgehead atoms. The lowest BCUT2D eigenvalue weighted by Crippen LogP contribution is -2.20. The Bertz CT molecular complexity index is 874. The maximum absolute atomic E-state index is 13.8. The Morgan fingerprint density at radius 2 is 1.91 bits per heavy atom. The fourth-order valence-corrected chi connectivity index (χ4v) is 3.04. The van der Waals surface area contributed by atoms with Gasteiger partial charge in [-0.2, -0.15) is 0 Å². The highest BCUT2D eigenvalue weighted by atomic mass is 79.9. The Labute approximate surface area is 146 Å². The zero-order chi connectivity index (χ0) is 17.2. The molecule has 0 saturated heterocycles. The molecule has 0 aliphatic rings. The van der Waals surface area contributed by atoms with Crippen molar-refractivity contribution in [3.8, 4) is 0 Å². The van der Waals surface area contributed by atoms with Gasteiger partial charge in [0.15, 0.2) is 0 Å². The molecule has 2 N–H and O–H groups in total. The van der Waals surface area contributed by atoms with Gasteiger partial charge >= 0.3 is 0 Å². The minimum absolute atomic E-state index is 0.0452. The van der Waals surface area contributed by atoms with E-state index in [0.29, 0.717) is 4.47 Å². The highest BCUT2D eigenvalue weighted by Gasteiger charge is 2.18. The summed E-state index contributed by atoms with van der Waals surface area (Å²) in [6, 6.07) is 7.81. The summed E-state index contributed by atoms with van der Waals surface area (Å²) in [5.41, 5.74) is -0.124. The van der Waals surface area contributed by atoms with Gasteiger partial charge in [-0.15, -0.1) is 0 Å². The molecule has 2 aromatic carbocycles. The molecule has 0 aliphatic carbocycles. The van der Waals surface area contributed by atoms with E-state index in [0.717, 1.165) is 6.07 Å². The SMILES string of the molecule is CNS(=O)(=O)c1ccc(Cl)c(C(=O)Nc2ccc(Br)cc2F)c1. The van der Waals surface area contributed by atoms with E-state index in [9.17, 15) is 17.6 Å². The second kappa shape index (κ2) is 6.96. The van der Waals surface area contributed by atoms with Gasteiger partial charge < -0.3 is 5.32 Å². The molecule has 9 heteroatoms. The van der Waals surface area contributed by atoms with Crippen LogP contribution in [0.5, 0.6) is 0 Å². The number of carbonyl (C=O) groups is 1. The number of halogens is 3. The summed E-state index contributed by atoms with van der Waals surface area (Å²) in [6.45, 7) is 0. The van der Waals surface area contributed by atoms with Crippen LogP contribution in [-0.2, 0) is 10.0 Å². The van der Waals surface area contributed by atoms with Gasteiger partial charge in [-0.3, -0.25) is 4.79 Å². The van der Waals surface area contributed by atoms with E-state index in [4.69, 9.17) is 11.6 Å². The van der Waals surface area contributed by atoms with E-state index < -0.39 is 21.7 Å². The summed E-state index contributed by atoms with van der Waals surface area (Å²) >= 11 is 9.05. The minimum Gasteiger partial charge on any atom is -0.319 e. The molecule has 0 fully saturated rings. The van der Waals surface area contributed by atoms with Crippen LogP contribution in [-0.4, -0.2) is 21.4 Å². The number of carbonyl (C=O) groups excluding carboxylic acids is 1. The van der Waals surface area contributed by atoms with Crippen molar-refractivity contribution in [2.75, 3.05) is 12.4 Å². The largest absolute Gasteiger partial charge is 0.319 e. The zero-order valence-corrected chi connectivity index (χ0v) is 14.9. The van der Waals surface area contributed by atoms with Crippen LogP contribution in [0.2, 0.25) is 5.02 Å². The Balaban J connectivity index is 2.37. The highest BCUT2D eigenvalue weighted by Crippen LogP contribution is 2.24. The molecular formula is C14H11BrClFN2O3S. The zero-order valence-electron chi connectivity index (χ0n) is 11.7. The molecule has 0 saturated carbocycles. The Morgan fingerprint density at radius 1 is 1.22 bits per heavy atom. The lowest BCUT2D eigenvalue weighted by atomic mass is 10.2. The van der Waals surface area contributed by atoms with Crippen LogP contribution in [0.3, 0.4) is 0 Å². The highest BCUT2D eigenvalue weighted by molar-refractivity contribution is 9.10. The monoisotopic (exact) mass is 420 g/mol. The van der Waals surface area contributed by atoms with Gasteiger partial charge in [0.25, 0.3) is 5.91 Å². The first-order valence-corrected chi connectivity index (χ1v) is 8.89. The van der Waals surface area contributed by atoms with Crippen molar-refractivity contribution in [3.05, 3.63) is 57.3 Å². The molecule has 2 aromatic rings. The van der Waals surface area contributed by atoms with Crippen LogP contribution in [0.25, 0.3) is 0 Å². The quantitative estimate of drug-likeness (QED) is 0.794. The first-order valence-electron chi connectivity index (χ1n) is 6.24. The van der Waals surface area contributed by atoms with Gasteiger partial charge in [0.05, 0.1) is 21.2 Å². The van der Waals surface area contributed by atoms with E-state index in [-0.39, 0.29) is 21.2 Å². The molecule has 0 unspecified atom stereocenters. The third-order valence-corrected chi connectivity index (χ3v) is 5.18. The van der Waals surface area contributed by atoms with E-state index in [1.165, 1.54) is 31.3 Å². The van der Waals surface area contributed by atoms with Gasteiger partial charge in [-0.25, -0.2) is 17.5 Å². The van der Waals surface area contributed by atoms with Crippen LogP contribution in [0.1, 0.15) is 10.4 Å². The summed E-state index contributed by atoms with van der Waals surface area (Å²) in [5.74, 6) is -1.35. The summed E-state index contributed by atoms with van der Waals surface area (Å²) in [7, 11) is -2.48. The minimum atomic E-state index is -3.73. The van der Waals surface area contributed by atoms with Gasteiger partial charge in [-0.05, 0) is 43.4 Å². The fraction of sp³-hybridized carbons (Fsp3) is 0.0714. The molecule has 0 radical (unpaired) electrons. The number of benzene rings is 2. The van der Waals surface area contributed by atoms with Crippen molar-refractivity contribution >= 4 is 49.1 Å². The van der Waals surface area contributed by atoms with Crippen molar-refractivity contribution in [2.24, 2.45) is 0 Å². The maximum Gasteiger partial charge on any atom is 0.257 e. The van der Waals surface area contributed by atoms with Crippen LogP contribution >= 0.6 is 27.5 Å². The number of hydrogen-bond acceptors (Lipinski definition) is 3. The van der Waals surface area contributed by atoms with Crippen molar-refractivity contribution in [1.29, 1.82) is 0 Å². The van der Waals surface area contributed by atoms with Crippen LogP contribution in [0.4, 0.5) is 10.1 Å². The molecule has 122 valence electrons. The van der Waals surface area contributed by atoms with E-state index in [1.807, 2.05) is 0 Å². The van der Waals surface area contributed by atoms with Gasteiger partial charge in [0.1, 0.15) is 5.82 Å². The number of rotatable bonds is 4. The van der Waals surface area contributed by atoms with Gasteiger partial charge in [0.2, 0.25) is 10.0 Å². The molecule has 2 rings (SSSR count). The average Bonchev–Trinajstić information content (AvgIpc) is 2.50. The van der Waals surface area contributed by atoms with Crippen LogP contribution in [0.15, 0.2) is 45.8 Å². The van der Waals surface area contributed by atoms with Crippen molar-refractivity contribution in [2.45, 2.75) is 4.90 Å². The first-order chi connectivity index (χ1) is 10.7. The number of amides is 1. The number of hydrogen-bond donors (Lipinski definition) is 2. The lowest BCUT2D eigenvalue weighted by Gasteiger charge is -2.10. The van der Waals surface area contributed by atoms with Crippen molar-refractivity contribution in [1.82, 2.24) is 4.72 Å². The second-order valence-electron chi connectivity index (χ2n) is 4.43. The normalized spacial score (nSPS) is 11.3. The van der Waals surface area contributed by atoms with Crippen LogP contribution < -0.4 is 10.0 Å². The second-order valence-corrected chi connectivity index (χ2v) is 7.64. The molecule has 1 amide bonds. The summed E-state index contributed by atoms with van der Waals surface area (Å²) in [5, 5.41) is 2.41. The van der Waals surface area contributed by atoms with Gasteiger partial charge in [-0.1, -0.05) is 27.5 Å². The van der Waals surface area contributed by atoms with E-state index >= 15 is 0 Å². The lowest BCUT2D eigenvalue weighted by molar-refractivity contribution is 0.102. The van der Waals surface area contributed by atoms with E-state index in [2.05, 4.69) is 26.0 Å². The smallest absolute Gasteiger partial charge is 0.257 e. The molecular weight excluding hydrogens is 411 g/mol. The van der Waals surface area contributed by atoms with Crippen molar-refractivity contribution < 1.29 is 17.6 Å². The first kappa shape index (κ1) is 17.9. The van der Waals surface area contributed by atoms with Crippen LogP contribution in [0, 0.1) is 5.82 Å². The maximum atomic E-state index is 13.8. The Morgan fingerprint density at radius 3 is 2.52 bits per heavy atom. The molecule has 0 heterocycles. The molecule has 0 atom stereocenters. The topological polar surface area (TPSA) is 75.3 Å². The number of nitrogens with one attached hydrogen (secondary N) is 2. The average molecular weight is 422 g/mol. The summed E-state index contributed by atoms with van der Waals surface area (Å²) in [6.07, 6.45) is 0. The number of sulfonamides is 1. The fourth-order valence-electron chi connectivity index (χ4n) is 1.74. The summed E-state index contributed by atoms with van der Waals surface area (Å²) < 4.78 is 40.0. The van der Waals surface area contributed by atoms with Gasteiger partial charge in [0, 0.05) is 4.47 Å². The Hall–Kier alpha value is -1.48. The predicted molar refractivity (Wildman–Crippen MR) is 89.8 cm³/mol. The van der Waals surface area contributed by atoms with Crippen molar-refractivity contribution in [3.63, 3.8) is 0 Å². The molecule has 0 spiro atoms.